The maximum atomic E-state index is 12.1. The van der Waals surface area contributed by atoms with E-state index in [4.69, 9.17) is 9.47 Å². The molecule has 0 amide bonds. The van der Waals surface area contributed by atoms with Crippen molar-refractivity contribution in [3.63, 3.8) is 0 Å². The quantitative estimate of drug-likeness (QED) is 0.815. The van der Waals surface area contributed by atoms with E-state index in [0.717, 1.165) is 24.3 Å². The third kappa shape index (κ3) is 3.74. The summed E-state index contributed by atoms with van der Waals surface area (Å²) in [5, 5.41) is 3.14. The third-order valence-corrected chi connectivity index (χ3v) is 3.71. The van der Waals surface area contributed by atoms with Gasteiger partial charge in [0.1, 0.15) is 17.6 Å². The van der Waals surface area contributed by atoms with Crippen LogP contribution in [0, 0.1) is 5.92 Å². The largest absolute Gasteiger partial charge is 0.497 e. The number of hydrogen-bond acceptors (Lipinski definition) is 5. The Balaban J connectivity index is 2.14. The molecular weight excluding hydrogens is 270 g/mol. The molecule has 1 aliphatic carbocycles. The normalized spacial score (nSPS) is 19.1. The van der Waals surface area contributed by atoms with E-state index in [1.165, 1.54) is 0 Å². The van der Waals surface area contributed by atoms with Gasteiger partial charge < -0.3 is 14.8 Å². The van der Waals surface area contributed by atoms with E-state index in [-0.39, 0.29) is 17.7 Å². The molecule has 0 aromatic heterocycles. The van der Waals surface area contributed by atoms with E-state index in [9.17, 15) is 9.59 Å². The molecule has 21 heavy (non-hydrogen) atoms. The average molecular weight is 291 g/mol. The van der Waals surface area contributed by atoms with Crippen LogP contribution < -0.4 is 10.1 Å². The van der Waals surface area contributed by atoms with Gasteiger partial charge in [0.25, 0.3) is 0 Å². The summed E-state index contributed by atoms with van der Waals surface area (Å²) < 4.78 is 10.2. The number of hydrogen-bond donors (Lipinski definition) is 1. The molecule has 0 aliphatic heterocycles. The van der Waals surface area contributed by atoms with Crippen molar-refractivity contribution in [2.24, 2.45) is 5.92 Å². The van der Waals surface area contributed by atoms with Crippen molar-refractivity contribution in [1.29, 1.82) is 0 Å². The summed E-state index contributed by atoms with van der Waals surface area (Å²) in [6.07, 6.45) is 2.11. The van der Waals surface area contributed by atoms with Crippen LogP contribution in [0.4, 0.5) is 5.69 Å². The van der Waals surface area contributed by atoms with Crippen molar-refractivity contribution < 1.29 is 19.1 Å². The lowest BCUT2D eigenvalue weighted by Crippen LogP contribution is -2.40. The SMILES string of the molecule is CCOC(=O)C(Nc1ccc(OC)cc1)C1CCCC1=O. The fourth-order valence-electron chi connectivity index (χ4n) is 2.62. The van der Waals surface area contributed by atoms with Crippen LogP contribution in [0.5, 0.6) is 5.75 Å². The van der Waals surface area contributed by atoms with Crippen molar-refractivity contribution in [1.82, 2.24) is 0 Å². The van der Waals surface area contributed by atoms with Crippen LogP contribution >= 0.6 is 0 Å². The van der Waals surface area contributed by atoms with Crippen molar-refractivity contribution in [2.45, 2.75) is 32.2 Å². The van der Waals surface area contributed by atoms with E-state index >= 15 is 0 Å². The predicted molar refractivity (Wildman–Crippen MR) is 79.4 cm³/mol. The molecule has 1 aliphatic rings. The molecule has 1 saturated carbocycles. The summed E-state index contributed by atoms with van der Waals surface area (Å²) in [6, 6.07) is 6.64. The first-order chi connectivity index (χ1) is 10.2. The zero-order valence-corrected chi connectivity index (χ0v) is 12.4. The molecule has 2 unspecified atom stereocenters. The standard InChI is InChI=1S/C16H21NO4/c1-3-21-16(19)15(13-5-4-6-14(13)18)17-11-7-9-12(20-2)10-8-11/h7-10,13,15,17H,3-6H2,1-2H3. The minimum Gasteiger partial charge on any atom is -0.497 e. The number of anilines is 1. The van der Waals surface area contributed by atoms with Crippen LogP contribution in [0.15, 0.2) is 24.3 Å². The first kappa shape index (κ1) is 15.4. The van der Waals surface area contributed by atoms with Crippen molar-refractivity contribution in [3.8, 4) is 5.75 Å². The van der Waals surface area contributed by atoms with E-state index in [1.54, 1.807) is 26.2 Å². The predicted octanol–water partition coefficient (Wildman–Crippen LogP) is 2.41. The number of ketones is 1. The van der Waals surface area contributed by atoms with E-state index in [2.05, 4.69) is 5.32 Å². The number of rotatable bonds is 6. The maximum absolute atomic E-state index is 12.1. The lowest BCUT2D eigenvalue weighted by Gasteiger charge is -2.23. The molecule has 0 spiro atoms. The molecule has 1 aromatic rings. The second-order valence-corrected chi connectivity index (χ2v) is 5.07. The van der Waals surface area contributed by atoms with Gasteiger partial charge in [-0.1, -0.05) is 0 Å². The van der Waals surface area contributed by atoms with Crippen LogP contribution in [0.1, 0.15) is 26.2 Å². The Labute approximate surface area is 124 Å². The molecule has 2 rings (SSSR count). The zero-order valence-electron chi connectivity index (χ0n) is 12.4. The Morgan fingerprint density at radius 2 is 2.10 bits per heavy atom. The van der Waals surface area contributed by atoms with Crippen molar-refractivity contribution >= 4 is 17.4 Å². The van der Waals surface area contributed by atoms with Gasteiger partial charge in [-0.2, -0.15) is 0 Å². The summed E-state index contributed by atoms with van der Waals surface area (Å²) in [5.74, 6) is 0.207. The number of carbonyl (C=O) groups excluding carboxylic acids is 2. The lowest BCUT2D eigenvalue weighted by atomic mass is 9.97. The van der Waals surface area contributed by atoms with Crippen molar-refractivity contribution in [2.75, 3.05) is 19.0 Å². The monoisotopic (exact) mass is 291 g/mol. The molecule has 1 fully saturated rings. The number of esters is 1. The molecule has 1 N–H and O–H groups in total. The van der Waals surface area contributed by atoms with Gasteiger partial charge in [-0.05, 0) is 44.0 Å². The average Bonchev–Trinajstić information content (AvgIpc) is 2.91. The molecule has 2 atom stereocenters. The Kier molecular flexibility index (Phi) is 5.20. The molecule has 114 valence electrons. The minimum absolute atomic E-state index is 0.133. The number of carbonyl (C=O) groups is 2. The Morgan fingerprint density at radius 1 is 1.38 bits per heavy atom. The first-order valence-electron chi connectivity index (χ1n) is 7.25. The number of benzene rings is 1. The fraction of sp³-hybridized carbons (Fsp3) is 0.500. The maximum Gasteiger partial charge on any atom is 0.329 e. The molecular formula is C16H21NO4. The second-order valence-electron chi connectivity index (χ2n) is 5.07. The smallest absolute Gasteiger partial charge is 0.329 e. The summed E-state index contributed by atoms with van der Waals surface area (Å²) in [4.78, 5) is 24.1. The Hall–Kier alpha value is -2.04. The van der Waals surface area contributed by atoms with E-state index in [1.807, 2.05) is 12.1 Å². The van der Waals surface area contributed by atoms with E-state index in [0.29, 0.717) is 13.0 Å². The minimum atomic E-state index is -0.617. The van der Waals surface area contributed by atoms with Crippen LogP contribution in [0.3, 0.4) is 0 Å². The lowest BCUT2D eigenvalue weighted by molar-refractivity contribution is -0.146. The topological polar surface area (TPSA) is 64.6 Å². The highest BCUT2D eigenvalue weighted by Crippen LogP contribution is 2.28. The second kappa shape index (κ2) is 7.11. The number of nitrogens with one attached hydrogen (secondary N) is 1. The van der Waals surface area contributed by atoms with Gasteiger partial charge in [-0.15, -0.1) is 0 Å². The molecule has 1 aromatic carbocycles. The number of Topliss-reactive ketones (excluding diaryl/α,β-unsaturated/α-hetero) is 1. The van der Waals surface area contributed by atoms with Gasteiger partial charge in [-0.3, -0.25) is 4.79 Å². The van der Waals surface area contributed by atoms with Crippen LogP contribution in [0.25, 0.3) is 0 Å². The Bertz CT molecular complexity index is 498. The van der Waals surface area contributed by atoms with Crippen LogP contribution in [0.2, 0.25) is 0 Å². The summed E-state index contributed by atoms with van der Waals surface area (Å²) in [5.41, 5.74) is 0.772. The van der Waals surface area contributed by atoms with Gasteiger partial charge in [0.15, 0.2) is 0 Å². The highest BCUT2D eigenvalue weighted by Gasteiger charge is 2.37. The summed E-state index contributed by atoms with van der Waals surface area (Å²) >= 11 is 0. The first-order valence-corrected chi connectivity index (χ1v) is 7.25. The highest BCUT2D eigenvalue weighted by atomic mass is 16.5. The van der Waals surface area contributed by atoms with Gasteiger partial charge in [-0.25, -0.2) is 4.79 Å². The van der Waals surface area contributed by atoms with Crippen molar-refractivity contribution in [3.05, 3.63) is 24.3 Å². The highest BCUT2D eigenvalue weighted by molar-refractivity contribution is 5.91. The number of ether oxygens (including phenoxy) is 2. The van der Waals surface area contributed by atoms with Gasteiger partial charge in [0.2, 0.25) is 0 Å². The summed E-state index contributed by atoms with van der Waals surface area (Å²) in [7, 11) is 1.60. The van der Waals surface area contributed by atoms with Crippen LogP contribution in [-0.4, -0.2) is 31.5 Å². The molecule has 0 bridgehead atoms. The number of methoxy groups -OCH3 is 1. The third-order valence-electron chi connectivity index (χ3n) is 3.71. The van der Waals surface area contributed by atoms with Gasteiger partial charge in [0, 0.05) is 18.0 Å². The van der Waals surface area contributed by atoms with Crippen LogP contribution in [-0.2, 0) is 14.3 Å². The van der Waals surface area contributed by atoms with Gasteiger partial charge >= 0.3 is 5.97 Å². The molecule has 5 nitrogen and oxygen atoms in total. The fourth-order valence-corrected chi connectivity index (χ4v) is 2.62. The molecule has 0 radical (unpaired) electrons. The van der Waals surface area contributed by atoms with E-state index < -0.39 is 6.04 Å². The molecule has 0 saturated heterocycles. The molecule has 5 heteroatoms. The van der Waals surface area contributed by atoms with Gasteiger partial charge in [0.05, 0.1) is 13.7 Å². The Morgan fingerprint density at radius 3 is 2.62 bits per heavy atom. The summed E-state index contributed by atoms with van der Waals surface area (Å²) in [6.45, 7) is 2.07. The zero-order chi connectivity index (χ0) is 15.2. The molecule has 0 heterocycles.